The molecule has 0 radical (unpaired) electrons. The van der Waals surface area contributed by atoms with Gasteiger partial charge in [-0.3, -0.25) is 9.59 Å². The van der Waals surface area contributed by atoms with Crippen LogP contribution in [0.3, 0.4) is 0 Å². The van der Waals surface area contributed by atoms with Gasteiger partial charge in [0.05, 0.1) is 25.7 Å². The molecule has 0 unspecified atom stereocenters. The molecule has 4 heteroatoms. The third-order valence-corrected chi connectivity index (χ3v) is 6.61. The lowest BCUT2D eigenvalue weighted by Crippen LogP contribution is -2.55. The van der Waals surface area contributed by atoms with Crippen molar-refractivity contribution in [3.63, 3.8) is 0 Å². The van der Waals surface area contributed by atoms with Crippen molar-refractivity contribution in [2.45, 2.75) is 46.0 Å². The predicted molar refractivity (Wildman–Crippen MR) is 82.2 cm³/mol. The normalized spacial score (nSPS) is 40.7. The van der Waals surface area contributed by atoms with E-state index >= 15 is 0 Å². The number of allylic oxidation sites excluding steroid dienone is 2. The molecule has 3 rings (SSSR count). The molecule has 3 aliphatic rings. The van der Waals surface area contributed by atoms with E-state index in [1.165, 1.54) is 7.11 Å². The highest BCUT2D eigenvalue weighted by Gasteiger charge is 2.62. The van der Waals surface area contributed by atoms with Crippen LogP contribution >= 0.6 is 0 Å². The summed E-state index contributed by atoms with van der Waals surface area (Å²) in [5.74, 6) is 0.715. The van der Waals surface area contributed by atoms with Gasteiger partial charge >= 0.3 is 5.97 Å². The molecule has 4 nitrogen and oxygen atoms in total. The largest absolute Gasteiger partial charge is 0.469 e. The Hall–Kier alpha value is -1.16. The van der Waals surface area contributed by atoms with Crippen molar-refractivity contribution in [2.24, 2.45) is 22.7 Å². The molecule has 1 aliphatic heterocycles. The van der Waals surface area contributed by atoms with Gasteiger partial charge in [-0.25, -0.2) is 0 Å². The number of ether oxygens (including phenoxy) is 2. The Balaban J connectivity index is 1.97. The van der Waals surface area contributed by atoms with Gasteiger partial charge in [0.15, 0.2) is 5.78 Å². The van der Waals surface area contributed by atoms with Gasteiger partial charge in [-0.05, 0) is 49.5 Å². The molecule has 0 N–H and O–H groups in total. The number of ketones is 1. The average Bonchev–Trinajstić information content (AvgIpc) is 2.95. The monoisotopic (exact) mass is 306 g/mol. The third-order valence-electron chi connectivity index (χ3n) is 6.61. The molecule has 0 amide bonds. The van der Waals surface area contributed by atoms with Gasteiger partial charge in [-0.1, -0.05) is 18.9 Å². The zero-order valence-electron chi connectivity index (χ0n) is 13.8. The second-order valence-electron chi connectivity index (χ2n) is 7.42. The summed E-state index contributed by atoms with van der Waals surface area (Å²) in [6, 6.07) is 0. The van der Waals surface area contributed by atoms with Gasteiger partial charge in [-0.2, -0.15) is 0 Å². The van der Waals surface area contributed by atoms with Gasteiger partial charge < -0.3 is 9.47 Å². The molecule has 2 aliphatic carbocycles. The number of hydrogen-bond acceptors (Lipinski definition) is 4. The van der Waals surface area contributed by atoms with Crippen LogP contribution in [0.5, 0.6) is 0 Å². The Morgan fingerprint density at radius 1 is 1.45 bits per heavy atom. The molecule has 1 heterocycles. The number of methoxy groups -OCH3 is 1. The summed E-state index contributed by atoms with van der Waals surface area (Å²) in [6.45, 7) is 5.53. The minimum Gasteiger partial charge on any atom is -0.469 e. The first-order valence-electron chi connectivity index (χ1n) is 8.33. The molecule has 2 fully saturated rings. The number of hydrogen-bond donors (Lipinski definition) is 0. The van der Waals surface area contributed by atoms with Crippen molar-refractivity contribution in [1.29, 1.82) is 0 Å². The minimum atomic E-state index is -0.345. The standard InChI is InChI=1S/C18H26O4/c1-12-9-15(19)18-11-22-10-13(18)5-4-6-14(18)17(12,2)8-7-16(20)21-3/h9,13-14H,4-8,10-11H2,1-3H3/t13-,14+,17+,18+/m0/s1. The average molecular weight is 306 g/mol. The summed E-state index contributed by atoms with van der Waals surface area (Å²) in [5.41, 5.74) is 0.654. The fourth-order valence-corrected chi connectivity index (χ4v) is 5.13. The van der Waals surface area contributed by atoms with Crippen LogP contribution in [0.2, 0.25) is 0 Å². The molecule has 0 aromatic carbocycles. The quantitative estimate of drug-likeness (QED) is 0.752. The zero-order valence-corrected chi connectivity index (χ0v) is 13.8. The number of esters is 1. The highest BCUT2D eigenvalue weighted by Crippen LogP contribution is 2.61. The summed E-state index contributed by atoms with van der Waals surface area (Å²) >= 11 is 0. The summed E-state index contributed by atoms with van der Waals surface area (Å²) in [5, 5.41) is 0. The Labute approximate surface area is 132 Å². The number of carbonyl (C=O) groups excluding carboxylic acids is 2. The van der Waals surface area contributed by atoms with Crippen LogP contribution in [0.15, 0.2) is 11.6 Å². The summed E-state index contributed by atoms with van der Waals surface area (Å²) in [6.07, 6.45) is 6.27. The van der Waals surface area contributed by atoms with Gasteiger partial charge in [0.1, 0.15) is 0 Å². The summed E-state index contributed by atoms with van der Waals surface area (Å²) < 4.78 is 10.6. The number of carbonyl (C=O) groups is 2. The van der Waals surface area contributed by atoms with E-state index in [0.717, 1.165) is 31.3 Å². The maximum atomic E-state index is 12.9. The van der Waals surface area contributed by atoms with Crippen molar-refractivity contribution in [1.82, 2.24) is 0 Å². The first-order chi connectivity index (χ1) is 10.4. The Morgan fingerprint density at radius 3 is 2.95 bits per heavy atom. The Bertz CT molecular complexity index is 523. The molecule has 22 heavy (non-hydrogen) atoms. The van der Waals surface area contributed by atoms with Crippen LogP contribution in [0.4, 0.5) is 0 Å². The van der Waals surface area contributed by atoms with Crippen LogP contribution < -0.4 is 0 Å². The van der Waals surface area contributed by atoms with E-state index in [9.17, 15) is 9.59 Å². The summed E-state index contributed by atoms with van der Waals surface area (Å²) in [7, 11) is 1.43. The van der Waals surface area contributed by atoms with Crippen molar-refractivity contribution in [2.75, 3.05) is 20.3 Å². The smallest absolute Gasteiger partial charge is 0.305 e. The number of rotatable bonds is 3. The van der Waals surface area contributed by atoms with Crippen LogP contribution in [0, 0.1) is 22.7 Å². The van der Waals surface area contributed by atoms with E-state index in [0.29, 0.717) is 25.6 Å². The molecule has 1 spiro atoms. The lowest BCUT2D eigenvalue weighted by atomic mass is 9.47. The van der Waals surface area contributed by atoms with Crippen molar-refractivity contribution < 1.29 is 19.1 Å². The van der Waals surface area contributed by atoms with E-state index in [-0.39, 0.29) is 28.5 Å². The molecular weight excluding hydrogens is 280 g/mol. The molecule has 4 atom stereocenters. The SMILES string of the molecule is COC(=O)CC[C@]1(C)C(C)=CC(=O)[C@]23COC[C@@H]2CCC[C@@H]31. The van der Waals surface area contributed by atoms with E-state index in [4.69, 9.17) is 9.47 Å². The lowest BCUT2D eigenvalue weighted by Gasteiger charge is -2.54. The topological polar surface area (TPSA) is 52.6 Å². The van der Waals surface area contributed by atoms with Gasteiger partial charge in [-0.15, -0.1) is 0 Å². The second-order valence-corrected chi connectivity index (χ2v) is 7.42. The molecule has 0 bridgehead atoms. The molecule has 1 saturated carbocycles. The Kier molecular flexibility index (Phi) is 3.92. The molecule has 1 saturated heterocycles. The first-order valence-corrected chi connectivity index (χ1v) is 8.33. The molecule has 122 valence electrons. The van der Waals surface area contributed by atoms with Crippen LogP contribution in [0.25, 0.3) is 0 Å². The fourth-order valence-electron chi connectivity index (χ4n) is 5.13. The molecular formula is C18H26O4. The maximum absolute atomic E-state index is 12.9. The zero-order chi connectivity index (χ0) is 16.0. The highest BCUT2D eigenvalue weighted by atomic mass is 16.5. The van der Waals surface area contributed by atoms with E-state index in [1.807, 2.05) is 13.0 Å². The second kappa shape index (κ2) is 5.48. The summed E-state index contributed by atoms with van der Waals surface area (Å²) in [4.78, 5) is 24.5. The van der Waals surface area contributed by atoms with Crippen molar-refractivity contribution in [3.05, 3.63) is 11.6 Å². The molecule has 0 aromatic heterocycles. The van der Waals surface area contributed by atoms with Crippen molar-refractivity contribution in [3.8, 4) is 0 Å². The van der Waals surface area contributed by atoms with Gasteiger partial charge in [0, 0.05) is 6.42 Å². The van der Waals surface area contributed by atoms with Gasteiger partial charge in [0.25, 0.3) is 0 Å². The highest BCUT2D eigenvalue weighted by molar-refractivity contribution is 5.98. The fraction of sp³-hybridized carbons (Fsp3) is 0.778. The molecule has 0 aromatic rings. The van der Waals surface area contributed by atoms with Crippen LogP contribution in [-0.2, 0) is 19.1 Å². The third kappa shape index (κ3) is 2.07. The Morgan fingerprint density at radius 2 is 2.23 bits per heavy atom. The van der Waals surface area contributed by atoms with Crippen LogP contribution in [-0.4, -0.2) is 32.1 Å². The van der Waals surface area contributed by atoms with Crippen molar-refractivity contribution >= 4 is 11.8 Å². The van der Waals surface area contributed by atoms with Crippen LogP contribution in [0.1, 0.15) is 46.0 Å². The minimum absolute atomic E-state index is 0.117. The van der Waals surface area contributed by atoms with E-state index < -0.39 is 0 Å². The first kappa shape index (κ1) is 15.7. The van der Waals surface area contributed by atoms with Gasteiger partial charge in [0.2, 0.25) is 0 Å². The van der Waals surface area contributed by atoms with E-state index in [2.05, 4.69) is 6.92 Å². The van der Waals surface area contributed by atoms with E-state index in [1.54, 1.807) is 0 Å². The lowest BCUT2D eigenvalue weighted by molar-refractivity contribution is -0.143. The maximum Gasteiger partial charge on any atom is 0.305 e. The predicted octanol–water partition coefficient (Wildman–Crippen LogP) is 2.91.